The van der Waals surface area contributed by atoms with Gasteiger partial charge in [-0.25, -0.2) is 14.5 Å². The molecule has 10 heteroatoms. The summed E-state index contributed by atoms with van der Waals surface area (Å²) in [6.45, 7) is 1.71. The molecular weight excluding hydrogens is 486 g/mol. The second-order valence-electron chi connectivity index (χ2n) is 7.76. The lowest BCUT2D eigenvalue weighted by Crippen LogP contribution is -2.49. The maximum absolute atomic E-state index is 13.0. The summed E-state index contributed by atoms with van der Waals surface area (Å²) in [6.07, 6.45) is -3.65. The molecule has 0 fully saturated rings. The fraction of sp³-hybridized carbons (Fsp3) is 0.231. The van der Waals surface area contributed by atoms with Gasteiger partial charge in [0.05, 0.1) is 25.2 Å². The monoisotopic (exact) mass is 513 g/mol. The number of carbonyl (C=O) groups is 2. The van der Waals surface area contributed by atoms with Crippen LogP contribution in [0.4, 0.5) is 0 Å². The maximum Gasteiger partial charge on any atom is 0.339 e. The second kappa shape index (κ2) is 12.9. The molecular formula is C26H27NO8S. The van der Waals surface area contributed by atoms with E-state index in [1.54, 1.807) is 61.5 Å². The topological polar surface area (TPSA) is 117 Å². The van der Waals surface area contributed by atoms with Crippen molar-refractivity contribution in [1.82, 2.24) is 5.48 Å². The summed E-state index contributed by atoms with van der Waals surface area (Å²) in [6, 6.07) is 23.7. The Bertz CT molecular complexity index is 1230. The smallest absolute Gasteiger partial charge is 0.339 e. The summed E-state index contributed by atoms with van der Waals surface area (Å²) in [4.78, 5) is 30.7. The zero-order valence-electron chi connectivity index (χ0n) is 19.8. The average Bonchev–Trinajstić information content (AvgIpc) is 2.89. The van der Waals surface area contributed by atoms with Gasteiger partial charge >= 0.3 is 5.97 Å². The van der Waals surface area contributed by atoms with Gasteiger partial charge < -0.3 is 9.47 Å². The number of rotatable bonds is 12. The molecule has 0 aromatic heterocycles. The van der Waals surface area contributed by atoms with Crippen molar-refractivity contribution in [3.63, 3.8) is 0 Å². The average molecular weight is 514 g/mol. The number of carbonyl (C=O) groups excluding carboxylic acids is 2. The van der Waals surface area contributed by atoms with Crippen molar-refractivity contribution in [2.45, 2.75) is 37.2 Å². The molecule has 0 radical (unpaired) electrons. The lowest BCUT2D eigenvalue weighted by Gasteiger charge is -2.24. The molecule has 0 spiro atoms. The van der Waals surface area contributed by atoms with E-state index in [2.05, 4.69) is 5.48 Å². The highest BCUT2D eigenvalue weighted by Crippen LogP contribution is 2.20. The van der Waals surface area contributed by atoms with Gasteiger partial charge in [-0.2, -0.15) is 8.42 Å². The van der Waals surface area contributed by atoms with E-state index in [9.17, 15) is 18.0 Å². The quantitative estimate of drug-likeness (QED) is 0.223. The van der Waals surface area contributed by atoms with Crippen LogP contribution in [0.15, 0.2) is 89.8 Å². The lowest BCUT2D eigenvalue weighted by molar-refractivity contribution is -0.168. The first-order valence-electron chi connectivity index (χ1n) is 11.0. The van der Waals surface area contributed by atoms with Gasteiger partial charge in [-0.05, 0) is 30.2 Å². The maximum atomic E-state index is 13.0. The predicted molar refractivity (Wildman–Crippen MR) is 130 cm³/mol. The third-order valence-corrected chi connectivity index (χ3v) is 6.34. The molecule has 3 aromatic rings. The molecule has 3 aromatic carbocycles. The van der Waals surface area contributed by atoms with Crippen LogP contribution in [0.5, 0.6) is 0 Å². The number of hydroxylamine groups is 1. The van der Waals surface area contributed by atoms with Crippen LogP contribution in [0, 0.1) is 6.92 Å². The number of benzene rings is 3. The molecule has 0 heterocycles. The van der Waals surface area contributed by atoms with Gasteiger partial charge in [0.2, 0.25) is 6.10 Å². The Balaban J connectivity index is 1.83. The molecule has 9 nitrogen and oxygen atoms in total. The van der Waals surface area contributed by atoms with Crippen LogP contribution in [-0.2, 0) is 51.4 Å². The van der Waals surface area contributed by atoms with E-state index in [0.717, 1.165) is 18.2 Å². The Labute approximate surface area is 210 Å². The van der Waals surface area contributed by atoms with Gasteiger partial charge in [0.1, 0.15) is 0 Å². The van der Waals surface area contributed by atoms with E-state index in [1.807, 2.05) is 18.2 Å². The number of hydrogen-bond donors (Lipinski definition) is 1. The van der Waals surface area contributed by atoms with E-state index >= 15 is 0 Å². The van der Waals surface area contributed by atoms with Crippen LogP contribution in [-0.4, -0.2) is 39.6 Å². The summed E-state index contributed by atoms with van der Waals surface area (Å²) in [5.74, 6) is -2.03. The molecule has 0 aliphatic rings. The second-order valence-corrected chi connectivity index (χ2v) is 9.34. The Hall–Kier alpha value is -3.57. The SMILES string of the molecule is COC(=O)[C@H](OS(=O)(=O)c1ccc(C)cc1)C(OCc1ccccc1)C(=O)NOCc1ccccc1. The Morgan fingerprint density at radius 1 is 0.806 bits per heavy atom. The summed E-state index contributed by atoms with van der Waals surface area (Å²) in [5, 5.41) is 0. The van der Waals surface area contributed by atoms with E-state index in [1.165, 1.54) is 12.1 Å². The van der Waals surface area contributed by atoms with Gasteiger partial charge in [-0.15, -0.1) is 0 Å². The number of esters is 1. The van der Waals surface area contributed by atoms with Crippen LogP contribution < -0.4 is 5.48 Å². The van der Waals surface area contributed by atoms with Gasteiger partial charge in [0.25, 0.3) is 16.0 Å². The molecule has 0 saturated carbocycles. The molecule has 190 valence electrons. The van der Waals surface area contributed by atoms with Crippen LogP contribution >= 0.6 is 0 Å². The molecule has 0 aliphatic carbocycles. The van der Waals surface area contributed by atoms with Crippen molar-refractivity contribution in [1.29, 1.82) is 0 Å². The first-order valence-corrected chi connectivity index (χ1v) is 12.4. The number of methoxy groups -OCH3 is 1. The van der Waals surface area contributed by atoms with Gasteiger partial charge in [-0.3, -0.25) is 9.63 Å². The molecule has 1 amide bonds. The first-order chi connectivity index (χ1) is 17.3. The minimum absolute atomic E-state index is 0.0311. The number of hydrogen-bond acceptors (Lipinski definition) is 8. The molecule has 36 heavy (non-hydrogen) atoms. The summed E-state index contributed by atoms with van der Waals surface area (Å²) < 4.78 is 41.5. The van der Waals surface area contributed by atoms with Gasteiger partial charge in [0.15, 0.2) is 6.10 Å². The van der Waals surface area contributed by atoms with Crippen molar-refractivity contribution in [3.05, 3.63) is 102 Å². The minimum Gasteiger partial charge on any atom is -0.467 e. The van der Waals surface area contributed by atoms with E-state index in [0.29, 0.717) is 5.56 Å². The third-order valence-electron chi connectivity index (χ3n) is 5.03. The molecule has 1 unspecified atom stereocenters. The van der Waals surface area contributed by atoms with E-state index in [-0.39, 0.29) is 18.1 Å². The standard InChI is InChI=1S/C26H27NO8S/c1-19-13-15-22(16-14-19)36(30,31)35-24(26(29)32-2)23(33-17-20-9-5-3-6-10-20)25(28)27-34-18-21-11-7-4-8-12-21/h3-16,23-24H,17-18H2,1-2H3,(H,27,28)/t23?,24-/m1/s1. The number of aryl methyl sites for hydroxylation is 1. The van der Waals surface area contributed by atoms with Crippen LogP contribution in [0.1, 0.15) is 16.7 Å². The summed E-state index contributed by atoms with van der Waals surface area (Å²) in [5.41, 5.74) is 4.51. The number of ether oxygens (including phenoxy) is 2. The predicted octanol–water partition coefficient (Wildman–Crippen LogP) is 3.08. The number of amides is 1. The highest BCUT2D eigenvalue weighted by atomic mass is 32.2. The Morgan fingerprint density at radius 2 is 1.36 bits per heavy atom. The van der Waals surface area contributed by atoms with Crippen molar-refractivity contribution < 1.29 is 36.5 Å². The molecule has 0 bridgehead atoms. The molecule has 2 atom stereocenters. The van der Waals surface area contributed by atoms with Crippen molar-refractivity contribution in [2.75, 3.05) is 7.11 Å². The Kier molecular flexibility index (Phi) is 9.71. The van der Waals surface area contributed by atoms with Crippen LogP contribution in [0.2, 0.25) is 0 Å². The lowest BCUT2D eigenvalue weighted by atomic mass is 10.2. The molecule has 0 saturated heterocycles. The largest absolute Gasteiger partial charge is 0.467 e. The third kappa shape index (κ3) is 7.72. The first kappa shape index (κ1) is 27.0. The van der Waals surface area contributed by atoms with Gasteiger partial charge in [-0.1, -0.05) is 78.4 Å². The highest BCUT2D eigenvalue weighted by Gasteiger charge is 2.41. The van der Waals surface area contributed by atoms with E-state index in [4.69, 9.17) is 18.5 Å². The molecule has 3 rings (SSSR count). The molecule has 0 aliphatic heterocycles. The van der Waals surface area contributed by atoms with Crippen molar-refractivity contribution >= 4 is 22.0 Å². The molecule has 1 N–H and O–H groups in total. The highest BCUT2D eigenvalue weighted by molar-refractivity contribution is 7.86. The van der Waals surface area contributed by atoms with Crippen LogP contribution in [0.25, 0.3) is 0 Å². The summed E-state index contributed by atoms with van der Waals surface area (Å²) in [7, 11) is -3.41. The van der Waals surface area contributed by atoms with E-state index < -0.39 is 34.2 Å². The fourth-order valence-corrected chi connectivity index (χ4v) is 4.14. The zero-order valence-corrected chi connectivity index (χ0v) is 20.6. The normalized spacial score (nSPS) is 12.9. The minimum atomic E-state index is -4.46. The zero-order chi connectivity index (χ0) is 26.0. The van der Waals surface area contributed by atoms with Crippen molar-refractivity contribution in [2.24, 2.45) is 0 Å². The van der Waals surface area contributed by atoms with Gasteiger partial charge in [0, 0.05) is 0 Å². The summed E-state index contributed by atoms with van der Waals surface area (Å²) >= 11 is 0. The van der Waals surface area contributed by atoms with Crippen LogP contribution in [0.3, 0.4) is 0 Å². The number of nitrogens with one attached hydrogen (secondary N) is 1. The van der Waals surface area contributed by atoms with Crippen molar-refractivity contribution in [3.8, 4) is 0 Å². The fourth-order valence-electron chi connectivity index (χ4n) is 3.11. The Morgan fingerprint density at radius 3 is 1.92 bits per heavy atom.